The van der Waals surface area contributed by atoms with Gasteiger partial charge in [0.15, 0.2) is 0 Å². The molecule has 0 radical (unpaired) electrons. The number of primary amides is 2. The molecule has 200 valence electrons. The van der Waals surface area contributed by atoms with Crippen LogP contribution in [0.25, 0.3) is 10.9 Å². The van der Waals surface area contributed by atoms with E-state index in [1.807, 2.05) is 5.32 Å². The largest absolute Gasteiger partial charge is 0.480 e. The summed E-state index contributed by atoms with van der Waals surface area (Å²) < 4.78 is 0. The maximum Gasteiger partial charge on any atom is 0.326 e. The number of aliphatic hydroxyl groups is 1. The fraction of sp³-hybridized carbons (Fsp3) is 0.364. The summed E-state index contributed by atoms with van der Waals surface area (Å²) in [7, 11) is 0. The standard InChI is InChI=1S/C22H29N7O8/c23-12(6-17(24)31)19(33)27-14(5-10-8-26-13-4-2-1-3-11(10)13)20(34)29-16(9-30)21(35)28-15(22(36)37)7-18(25)32/h1-4,8,12,14-16,26,30H,5-7,9,23H2,(H2,24,31)(H2,25,32)(H,27,33)(H,28,35)(H,29,34)(H,36,37). The summed E-state index contributed by atoms with van der Waals surface area (Å²) in [6.07, 6.45) is 0.345. The van der Waals surface area contributed by atoms with Crippen LogP contribution in [0.3, 0.4) is 0 Å². The second-order valence-corrected chi connectivity index (χ2v) is 8.22. The van der Waals surface area contributed by atoms with Gasteiger partial charge in [-0.25, -0.2) is 4.79 Å². The Balaban J connectivity index is 2.24. The van der Waals surface area contributed by atoms with E-state index in [2.05, 4.69) is 15.6 Å². The number of para-hydroxylation sites is 1. The van der Waals surface area contributed by atoms with Gasteiger partial charge in [0.1, 0.15) is 18.1 Å². The molecule has 4 unspecified atom stereocenters. The summed E-state index contributed by atoms with van der Waals surface area (Å²) in [5.74, 6) is -6.26. The van der Waals surface area contributed by atoms with Crippen molar-refractivity contribution in [1.29, 1.82) is 0 Å². The lowest BCUT2D eigenvalue weighted by atomic mass is 10.0. The highest BCUT2D eigenvalue weighted by molar-refractivity contribution is 5.96. The van der Waals surface area contributed by atoms with Gasteiger partial charge in [0.05, 0.1) is 25.5 Å². The lowest BCUT2D eigenvalue weighted by molar-refractivity contribution is -0.144. The molecule has 1 aromatic carbocycles. The first kappa shape index (κ1) is 28.7. The van der Waals surface area contributed by atoms with Crippen molar-refractivity contribution in [1.82, 2.24) is 20.9 Å². The highest BCUT2D eigenvalue weighted by atomic mass is 16.4. The highest BCUT2D eigenvalue weighted by Gasteiger charge is 2.31. The first-order chi connectivity index (χ1) is 17.4. The molecular weight excluding hydrogens is 490 g/mol. The fourth-order valence-corrected chi connectivity index (χ4v) is 3.46. The van der Waals surface area contributed by atoms with Crippen LogP contribution >= 0.6 is 0 Å². The average molecular weight is 520 g/mol. The molecule has 0 fully saturated rings. The Morgan fingerprint density at radius 1 is 0.838 bits per heavy atom. The van der Waals surface area contributed by atoms with Gasteiger partial charge in [-0.3, -0.25) is 24.0 Å². The molecule has 37 heavy (non-hydrogen) atoms. The van der Waals surface area contributed by atoms with Crippen molar-refractivity contribution >= 4 is 46.4 Å². The minimum atomic E-state index is -1.69. The first-order valence-corrected chi connectivity index (χ1v) is 11.0. The van der Waals surface area contributed by atoms with Crippen molar-refractivity contribution in [3.8, 4) is 0 Å². The Morgan fingerprint density at radius 2 is 1.41 bits per heavy atom. The number of hydrogen-bond acceptors (Lipinski definition) is 8. The molecule has 15 nitrogen and oxygen atoms in total. The zero-order valence-corrected chi connectivity index (χ0v) is 19.6. The lowest BCUT2D eigenvalue weighted by Gasteiger charge is -2.24. The number of amides is 5. The third kappa shape index (κ3) is 8.29. The number of aromatic nitrogens is 1. The molecule has 0 saturated heterocycles. The summed E-state index contributed by atoms with van der Waals surface area (Å²) in [5, 5.41) is 26.2. The van der Waals surface area contributed by atoms with Crippen molar-refractivity contribution in [3.63, 3.8) is 0 Å². The predicted molar refractivity (Wildman–Crippen MR) is 128 cm³/mol. The number of nitrogens with one attached hydrogen (secondary N) is 4. The Hall–Kier alpha value is -4.50. The molecule has 0 aliphatic rings. The lowest BCUT2D eigenvalue weighted by Crippen LogP contribution is -2.59. The van der Waals surface area contributed by atoms with Gasteiger partial charge in [-0.2, -0.15) is 0 Å². The van der Waals surface area contributed by atoms with Crippen LogP contribution in [0.5, 0.6) is 0 Å². The number of nitrogens with two attached hydrogens (primary N) is 3. The monoisotopic (exact) mass is 519 g/mol. The Morgan fingerprint density at radius 3 is 2.00 bits per heavy atom. The van der Waals surface area contributed by atoms with Crippen LogP contribution in [0, 0.1) is 0 Å². The predicted octanol–water partition coefficient (Wildman–Crippen LogP) is -3.68. The van der Waals surface area contributed by atoms with Gasteiger partial charge >= 0.3 is 5.97 Å². The topological polar surface area (TPSA) is 273 Å². The number of benzene rings is 1. The van der Waals surface area contributed by atoms with E-state index in [9.17, 15) is 39.0 Å². The highest BCUT2D eigenvalue weighted by Crippen LogP contribution is 2.19. The minimum Gasteiger partial charge on any atom is -0.480 e. The molecule has 5 amide bonds. The van der Waals surface area contributed by atoms with E-state index >= 15 is 0 Å². The van der Waals surface area contributed by atoms with Gasteiger partial charge in [-0.1, -0.05) is 18.2 Å². The number of aliphatic carboxylic acids is 1. The normalized spacial score (nSPS) is 14.1. The van der Waals surface area contributed by atoms with Gasteiger partial charge in [0, 0.05) is 23.5 Å². The molecule has 1 aromatic heterocycles. The van der Waals surface area contributed by atoms with Gasteiger partial charge < -0.3 is 48.3 Å². The van der Waals surface area contributed by atoms with Crippen LogP contribution in [0.15, 0.2) is 30.5 Å². The van der Waals surface area contributed by atoms with E-state index in [4.69, 9.17) is 17.2 Å². The number of H-pyrrole nitrogens is 1. The van der Waals surface area contributed by atoms with Gasteiger partial charge in [0.25, 0.3) is 0 Å². The van der Waals surface area contributed by atoms with Crippen LogP contribution < -0.4 is 33.2 Å². The van der Waals surface area contributed by atoms with E-state index in [1.165, 1.54) is 0 Å². The molecule has 1 heterocycles. The second-order valence-electron chi connectivity index (χ2n) is 8.22. The van der Waals surface area contributed by atoms with E-state index in [0.29, 0.717) is 5.56 Å². The van der Waals surface area contributed by atoms with E-state index in [0.717, 1.165) is 10.9 Å². The molecule has 0 aliphatic carbocycles. The number of carbonyl (C=O) groups excluding carboxylic acids is 5. The number of fused-ring (bicyclic) bond motifs is 1. The summed E-state index contributed by atoms with van der Waals surface area (Å²) >= 11 is 0. The molecule has 12 N–H and O–H groups in total. The zero-order chi connectivity index (χ0) is 27.7. The maximum absolute atomic E-state index is 13.1. The number of hydrogen-bond donors (Lipinski definition) is 9. The molecule has 4 atom stereocenters. The summed E-state index contributed by atoms with van der Waals surface area (Å²) in [6, 6.07) is 1.15. The SMILES string of the molecule is NC(=O)CC(N)C(=O)NC(Cc1c[nH]c2ccccc12)C(=O)NC(CO)C(=O)NC(CC(N)=O)C(=O)O. The molecule has 0 saturated carbocycles. The van der Waals surface area contributed by atoms with Crippen molar-refractivity contribution in [2.75, 3.05) is 6.61 Å². The van der Waals surface area contributed by atoms with Crippen molar-refractivity contribution in [2.45, 2.75) is 43.4 Å². The molecule has 2 rings (SSSR count). The average Bonchev–Trinajstić information content (AvgIpc) is 3.23. The van der Waals surface area contributed by atoms with Crippen LogP contribution in [0.4, 0.5) is 0 Å². The number of carboxylic acid groups (broad SMARTS) is 1. The van der Waals surface area contributed by atoms with Crippen LogP contribution in [-0.4, -0.2) is 81.5 Å². The third-order valence-electron chi connectivity index (χ3n) is 5.33. The third-order valence-corrected chi connectivity index (χ3v) is 5.33. The molecular formula is C22H29N7O8. The number of carboxylic acids is 1. The number of carbonyl (C=O) groups is 6. The molecule has 15 heteroatoms. The van der Waals surface area contributed by atoms with Gasteiger partial charge in [0.2, 0.25) is 29.5 Å². The summed E-state index contributed by atoms with van der Waals surface area (Å²) in [4.78, 5) is 74.7. The van der Waals surface area contributed by atoms with E-state index in [1.54, 1.807) is 30.5 Å². The van der Waals surface area contributed by atoms with Crippen molar-refractivity contribution in [3.05, 3.63) is 36.0 Å². The Kier molecular flexibility index (Phi) is 10.1. The number of rotatable bonds is 14. The van der Waals surface area contributed by atoms with E-state index in [-0.39, 0.29) is 6.42 Å². The van der Waals surface area contributed by atoms with Crippen LogP contribution in [0.1, 0.15) is 18.4 Å². The molecule has 0 spiro atoms. The van der Waals surface area contributed by atoms with Crippen LogP contribution in [0.2, 0.25) is 0 Å². The maximum atomic E-state index is 13.1. The molecule has 0 bridgehead atoms. The summed E-state index contributed by atoms with van der Waals surface area (Å²) in [5.41, 5.74) is 17.1. The molecule has 0 aliphatic heterocycles. The smallest absolute Gasteiger partial charge is 0.326 e. The van der Waals surface area contributed by atoms with E-state index < -0.39 is 79.1 Å². The number of aliphatic hydroxyl groups excluding tert-OH is 1. The fourth-order valence-electron chi connectivity index (χ4n) is 3.46. The quantitative estimate of drug-likeness (QED) is 0.119. The van der Waals surface area contributed by atoms with Crippen LogP contribution in [-0.2, 0) is 35.2 Å². The van der Waals surface area contributed by atoms with Gasteiger partial charge in [-0.05, 0) is 11.6 Å². The summed E-state index contributed by atoms with van der Waals surface area (Å²) in [6.45, 7) is -0.935. The Bertz CT molecular complexity index is 1180. The first-order valence-electron chi connectivity index (χ1n) is 11.0. The molecule has 2 aromatic rings. The zero-order valence-electron chi connectivity index (χ0n) is 19.6. The van der Waals surface area contributed by atoms with Gasteiger partial charge in [-0.15, -0.1) is 0 Å². The minimum absolute atomic E-state index is 0.0793. The van der Waals surface area contributed by atoms with Crippen molar-refractivity contribution < 1.29 is 39.0 Å². The Labute approximate surface area is 210 Å². The van der Waals surface area contributed by atoms with Crippen molar-refractivity contribution in [2.24, 2.45) is 17.2 Å². The second kappa shape index (κ2) is 13.0. The number of aromatic amines is 1.